The molecule has 1 saturated heterocycles. The van der Waals surface area contributed by atoms with Gasteiger partial charge in [-0.05, 0) is 65.4 Å². The number of carbonyl (C=O) groups excluding carboxylic acids is 1. The molecule has 33 heavy (non-hydrogen) atoms. The average molecular weight is 500 g/mol. The molecule has 0 bridgehead atoms. The zero-order valence-corrected chi connectivity index (χ0v) is 20.1. The number of hydrogen-bond donors (Lipinski definition) is 0. The highest BCUT2D eigenvalue weighted by Gasteiger charge is 2.30. The molecule has 0 N–H and O–H groups in total. The minimum absolute atomic E-state index is 0.152. The largest absolute Gasteiger partial charge is 0.493 e. The molecule has 0 saturated carbocycles. The Morgan fingerprint density at radius 3 is 2.64 bits per heavy atom. The molecule has 1 aliphatic heterocycles. The van der Waals surface area contributed by atoms with E-state index in [9.17, 15) is 4.79 Å². The predicted octanol–water partition coefficient (Wildman–Crippen LogP) is 6.21. The van der Waals surface area contributed by atoms with Gasteiger partial charge in [0.05, 0.1) is 12.0 Å². The first-order valence-electron chi connectivity index (χ1n) is 9.86. The first-order chi connectivity index (χ1) is 15.9. The number of pyridine rings is 1. The van der Waals surface area contributed by atoms with Crippen LogP contribution in [0.1, 0.15) is 11.1 Å². The number of amides is 1. The van der Waals surface area contributed by atoms with E-state index in [0.717, 1.165) is 11.1 Å². The van der Waals surface area contributed by atoms with E-state index in [1.54, 1.807) is 38.6 Å². The summed E-state index contributed by atoms with van der Waals surface area (Å²) in [5, 5.41) is 1.48. The average Bonchev–Trinajstić information content (AvgIpc) is 3.08. The van der Waals surface area contributed by atoms with Gasteiger partial charge in [-0.25, -0.2) is 9.98 Å². The Bertz CT molecular complexity index is 1250. The van der Waals surface area contributed by atoms with E-state index in [1.165, 1.54) is 16.7 Å². The second-order valence-corrected chi connectivity index (χ2v) is 8.81. The summed E-state index contributed by atoms with van der Waals surface area (Å²) < 4.78 is 11.4. The zero-order chi connectivity index (χ0) is 23.4. The van der Waals surface area contributed by atoms with Crippen LogP contribution >= 0.6 is 35.0 Å². The van der Waals surface area contributed by atoms with Gasteiger partial charge in [0.15, 0.2) is 21.8 Å². The minimum Gasteiger partial charge on any atom is -0.493 e. The Balaban J connectivity index is 1.52. The molecule has 0 unspecified atom stereocenters. The third-order valence-electron chi connectivity index (χ3n) is 4.75. The lowest BCUT2D eigenvalue weighted by Crippen LogP contribution is -2.23. The summed E-state index contributed by atoms with van der Waals surface area (Å²) in [6.07, 6.45) is 3.38. The van der Waals surface area contributed by atoms with Crippen LogP contribution in [0.2, 0.25) is 10.2 Å². The monoisotopic (exact) mass is 499 g/mol. The number of hydrogen-bond acceptors (Lipinski definition) is 6. The van der Waals surface area contributed by atoms with Crippen LogP contribution in [0.15, 0.2) is 70.7 Å². The number of thioether (sulfide) groups is 1. The van der Waals surface area contributed by atoms with E-state index >= 15 is 0 Å². The van der Waals surface area contributed by atoms with E-state index in [0.29, 0.717) is 38.9 Å². The van der Waals surface area contributed by atoms with Crippen molar-refractivity contribution in [2.45, 2.75) is 6.61 Å². The fourth-order valence-corrected chi connectivity index (χ4v) is 4.27. The number of methoxy groups -OCH3 is 1. The molecule has 4 rings (SSSR count). The second-order valence-electron chi connectivity index (χ2n) is 7.01. The number of aliphatic imine (C=N–C) groups is 1. The Kier molecular flexibility index (Phi) is 7.23. The smallest absolute Gasteiger partial charge is 0.266 e. The highest BCUT2D eigenvalue weighted by molar-refractivity contribution is 8.18. The number of amidine groups is 1. The van der Waals surface area contributed by atoms with Gasteiger partial charge in [-0.3, -0.25) is 9.69 Å². The molecule has 1 aromatic heterocycles. The number of rotatable bonds is 6. The summed E-state index contributed by atoms with van der Waals surface area (Å²) in [4.78, 5) is 23.3. The van der Waals surface area contributed by atoms with Crippen LogP contribution in [0.3, 0.4) is 0 Å². The molecular formula is C24H19Cl2N3O3S. The maximum absolute atomic E-state index is 12.7. The number of nitrogens with zero attached hydrogens (tertiary/aromatic N) is 3. The van der Waals surface area contributed by atoms with Gasteiger partial charge < -0.3 is 9.47 Å². The van der Waals surface area contributed by atoms with Gasteiger partial charge in [-0.2, -0.15) is 0 Å². The molecule has 1 aliphatic rings. The van der Waals surface area contributed by atoms with Crippen molar-refractivity contribution >= 4 is 57.8 Å². The van der Waals surface area contributed by atoms with E-state index in [2.05, 4.69) is 9.98 Å². The molecule has 2 aromatic carbocycles. The quantitative estimate of drug-likeness (QED) is 0.298. The summed E-state index contributed by atoms with van der Waals surface area (Å²) >= 11 is 13.3. The fraction of sp³-hybridized carbons (Fsp3) is 0.125. The van der Waals surface area contributed by atoms with Gasteiger partial charge in [0.1, 0.15) is 12.3 Å². The van der Waals surface area contributed by atoms with Crippen LogP contribution in [-0.2, 0) is 11.4 Å². The lowest BCUT2D eigenvalue weighted by molar-refractivity contribution is -0.121. The highest BCUT2D eigenvalue weighted by atomic mass is 35.5. The Morgan fingerprint density at radius 2 is 1.91 bits per heavy atom. The molecule has 0 spiro atoms. The summed E-state index contributed by atoms with van der Waals surface area (Å²) in [7, 11) is 3.25. The number of aromatic nitrogens is 1. The van der Waals surface area contributed by atoms with Gasteiger partial charge in [-0.15, -0.1) is 0 Å². The summed E-state index contributed by atoms with van der Waals surface area (Å²) in [6.45, 7) is 0.379. The molecule has 2 heterocycles. The molecule has 0 radical (unpaired) electrons. The molecule has 6 nitrogen and oxygen atoms in total. The number of ether oxygens (including phenoxy) is 2. The van der Waals surface area contributed by atoms with Gasteiger partial charge in [0, 0.05) is 18.3 Å². The van der Waals surface area contributed by atoms with Crippen molar-refractivity contribution in [3.63, 3.8) is 0 Å². The maximum Gasteiger partial charge on any atom is 0.266 e. The third kappa shape index (κ3) is 5.50. The van der Waals surface area contributed by atoms with Crippen LogP contribution in [0, 0.1) is 0 Å². The van der Waals surface area contributed by atoms with Crippen molar-refractivity contribution in [1.82, 2.24) is 9.88 Å². The van der Waals surface area contributed by atoms with Crippen LogP contribution in [0.4, 0.5) is 5.69 Å². The molecule has 168 valence electrons. The first-order valence-corrected chi connectivity index (χ1v) is 11.4. The van der Waals surface area contributed by atoms with Crippen LogP contribution in [-0.4, -0.2) is 35.1 Å². The standard InChI is InChI=1S/C24H19Cl2N3O3S/c1-29-23(30)21(33-24(29)28-18-4-3-11-27-22(18)26)13-16-7-10-19(20(12-16)31-2)32-14-15-5-8-17(25)9-6-15/h3-13H,14H2,1-2H3/b21-13-,28-24?. The Hall–Kier alpha value is -3.00. The zero-order valence-electron chi connectivity index (χ0n) is 17.8. The molecule has 9 heteroatoms. The Morgan fingerprint density at radius 1 is 1.12 bits per heavy atom. The molecule has 3 aromatic rings. The summed E-state index contributed by atoms with van der Waals surface area (Å²) in [5.41, 5.74) is 2.30. The normalized spacial score (nSPS) is 16.0. The lowest BCUT2D eigenvalue weighted by atomic mass is 10.2. The molecular weight excluding hydrogens is 481 g/mol. The van der Waals surface area contributed by atoms with Crippen molar-refractivity contribution in [2.24, 2.45) is 4.99 Å². The fourth-order valence-electron chi connectivity index (χ4n) is 3.00. The number of carbonyl (C=O) groups is 1. The van der Waals surface area contributed by atoms with Crippen molar-refractivity contribution < 1.29 is 14.3 Å². The SMILES string of the molecule is COc1cc(/C=C2\SC(=Nc3cccnc3Cl)N(C)C2=O)ccc1OCc1ccc(Cl)cc1. The highest BCUT2D eigenvalue weighted by Crippen LogP contribution is 2.36. The van der Waals surface area contributed by atoms with Crippen molar-refractivity contribution in [1.29, 1.82) is 0 Å². The second kappa shape index (κ2) is 10.3. The van der Waals surface area contributed by atoms with Gasteiger partial charge in [0.25, 0.3) is 5.91 Å². The van der Waals surface area contributed by atoms with Crippen LogP contribution in [0.25, 0.3) is 6.08 Å². The lowest BCUT2D eigenvalue weighted by Gasteiger charge is -2.11. The van der Waals surface area contributed by atoms with E-state index < -0.39 is 0 Å². The summed E-state index contributed by atoms with van der Waals surface area (Å²) in [5.74, 6) is 1.02. The van der Waals surface area contributed by atoms with Crippen LogP contribution < -0.4 is 9.47 Å². The van der Waals surface area contributed by atoms with Crippen molar-refractivity contribution in [2.75, 3.05) is 14.2 Å². The minimum atomic E-state index is -0.152. The van der Waals surface area contributed by atoms with Crippen molar-refractivity contribution in [3.05, 3.63) is 87.0 Å². The first kappa shape index (κ1) is 23.2. The number of halogens is 2. The van der Waals surface area contributed by atoms with E-state index in [1.807, 2.05) is 42.5 Å². The molecule has 1 fully saturated rings. The van der Waals surface area contributed by atoms with Gasteiger partial charge in [0.2, 0.25) is 0 Å². The third-order valence-corrected chi connectivity index (χ3v) is 6.36. The maximum atomic E-state index is 12.7. The predicted molar refractivity (Wildman–Crippen MR) is 133 cm³/mol. The molecule has 0 aliphatic carbocycles. The topological polar surface area (TPSA) is 64.0 Å². The Labute approximate surface area is 205 Å². The molecule has 0 atom stereocenters. The number of likely N-dealkylation sites (N-methyl/N-ethyl adjacent to an activating group) is 1. The number of benzene rings is 2. The van der Waals surface area contributed by atoms with Gasteiger partial charge >= 0.3 is 0 Å². The van der Waals surface area contributed by atoms with Gasteiger partial charge in [-0.1, -0.05) is 41.4 Å². The van der Waals surface area contributed by atoms with Crippen LogP contribution in [0.5, 0.6) is 11.5 Å². The molecule has 1 amide bonds. The van der Waals surface area contributed by atoms with E-state index in [-0.39, 0.29) is 11.1 Å². The summed E-state index contributed by atoms with van der Waals surface area (Å²) in [6, 6.07) is 16.5. The van der Waals surface area contributed by atoms with E-state index in [4.69, 9.17) is 32.7 Å². The van der Waals surface area contributed by atoms with Crippen molar-refractivity contribution in [3.8, 4) is 11.5 Å².